The molecule has 1 atom stereocenters. The standard InChI is InChI=1S/C27H34N4O4/c1-7-30(8-2)23(33)18-10-9-11-21(16-18)28-22(32)17-31-24(34)27(6,29-25(31)35)20-14-12-19(13-15-20)26(3,4)5/h9-16H,7-8,17H2,1-6H3,(H,28,32)(H,29,35). The van der Waals surface area contributed by atoms with E-state index >= 15 is 0 Å². The Hall–Kier alpha value is -3.68. The zero-order chi connectivity index (χ0) is 26.0. The van der Waals surface area contributed by atoms with Gasteiger partial charge in [-0.2, -0.15) is 0 Å². The second kappa shape index (κ2) is 9.90. The molecule has 1 fully saturated rings. The van der Waals surface area contributed by atoms with Gasteiger partial charge in [0.15, 0.2) is 0 Å². The van der Waals surface area contributed by atoms with Gasteiger partial charge in [0, 0.05) is 24.3 Å². The first kappa shape index (κ1) is 25.9. The third-order valence-electron chi connectivity index (χ3n) is 6.35. The van der Waals surface area contributed by atoms with Gasteiger partial charge in [-0.3, -0.25) is 19.3 Å². The Labute approximate surface area is 206 Å². The quantitative estimate of drug-likeness (QED) is 0.590. The molecule has 35 heavy (non-hydrogen) atoms. The number of anilines is 1. The predicted molar refractivity (Wildman–Crippen MR) is 135 cm³/mol. The topological polar surface area (TPSA) is 98.8 Å². The molecule has 1 unspecified atom stereocenters. The molecule has 3 rings (SSSR count). The number of amides is 5. The smallest absolute Gasteiger partial charge is 0.325 e. The number of carbonyl (C=O) groups is 4. The highest BCUT2D eigenvalue weighted by Gasteiger charge is 2.49. The van der Waals surface area contributed by atoms with E-state index in [2.05, 4.69) is 31.4 Å². The van der Waals surface area contributed by atoms with Crippen LogP contribution in [-0.2, 0) is 20.5 Å². The lowest BCUT2D eigenvalue weighted by atomic mass is 9.84. The summed E-state index contributed by atoms with van der Waals surface area (Å²) in [4.78, 5) is 53.7. The number of nitrogens with zero attached hydrogens (tertiary/aromatic N) is 2. The van der Waals surface area contributed by atoms with Gasteiger partial charge < -0.3 is 15.5 Å². The summed E-state index contributed by atoms with van der Waals surface area (Å²) in [7, 11) is 0. The largest absolute Gasteiger partial charge is 0.339 e. The number of hydrogen-bond donors (Lipinski definition) is 2. The average Bonchev–Trinajstić information content (AvgIpc) is 3.03. The first-order valence-corrected chi connectivity index (χ1v) is 11.8. The first-order valence-electron chi connectivity index (χ1n) is 11.8. The van der Waals surface area contributed by atoms with Crippen LogP contribution in [0.2, 0.25) is 0 Å². The summed E-state index contributed by atoms with van der Waals surface area (Å²) in [5.41, 5.74) is 1.33. The van der Waals surface area contributed by atoms with Gasteiger partial charge in [0.1, 0.15) is 12.1 Å². The molecule has 1 aliphatic heterocycles. The fraction of sp³-hybridized carbons (Fsp3) is 0.407. The molecule has 2 aromatic rings. The van der Waals surface area contributed by atoms with E-state index < -0.39 is 29.9 Å². The second-order valence-electron chi connectivity index (χ2n) is 9.88. The summed E-state index contributed by atoms with van der Waals surface area (Å²) in [6, 6.07) is 13.5. The van der Waals surface area contributed by atoms with Crippen molar-refractivity contribution >= 4 is 29.4 Å². The molecule has 0 aromatic heterocycles. The van der Waals surface area contributed by atoms with Gasteiger partial charge in [-0.1, -0.05) is 51.1 Å². The molecule has 186 valence electrons. The summed E-state index contributed by atoms with van der Waals surface area (Å²) < 4.78 is 0. The molecule has 0 spiro atoms. The Morgan fingerprint density at radius 3 is 2.23 bits per heavy atom. The highest BCUT2D eigenvalue weighted by molar-refractivity contribution is 6.10. The molecule has 5 amide bonds. The Bertz CT molecular complexity index is 1130. The molecular formula is C27H34N4O4. The second-order valence-corrected chi connectivity index (χ2v) is 9.88. The average molecular weight is 479 g/mol. The van der Waals surface area contributed by atoms with Crippen molar-refractivity contribution in [2.75, 3.05) is 25.0 Å². The van der Waals surface area contributed by atoms with Gasteiger partial charge in [0.05, 0.1) is 0 Å². The molecule has 8 heteroatoms. The van der Waals surface area contributed by atoms with Crippen molar-refractivity contribution in [2.45, 2.75) is 52.5 Å². The highest BCUT2D eigenvalue weighted by Crippen LogP contribution is 2.31. The van der Waals surface area contributed by atoms with Crippen molar-refractivity contribution in [3.8, 4) is 0 Å². The van der Waals surface area contributed by atoms with Crippen LogP contribution < -0.4 is 10.6 Å². The fourth-order valence-electron chi connectivity index (χ4n) is 4.11. The number of carbonyl (C=O) groups excluding carboxylic acids is 4. The number of benzene rings is 2. The van der Waals surface area contributed by atoms with Crippen molar-refractivity contribution in [1.29, 1.82) is 0 Å². The Morgan fingerprint density at radius 1 is 1.03 bits per heavy atom. The van der Waals surface area contributed by atoms with Crippen LogP contribution in [0.15, 0.2) is 48.5 Å². The van der Waals surface area contributed by atoms with Gasteiger partial charge in [0.2, 0.25) is 5.91 Å². The molecule has 1 saturated heterocycles. The van der Waals surface area contributed by atoms with Crippen LogP contribution in [0.25, 0.3) is 0 Å². The van der Waals surface area contributed by atoms with Gasteiger partial charge in [-0.25, -0.2) is 4.79 Å². The van der Waals surface area contributed by atoms with Crippen LogP contribution in [-0.4, -0.2) is 53.2 Å². The molecule has 2 aromatic carbocycles. The summed E-state index contributed by atoms with van der Waals surface area (Å²) in [6.45, 7) is 12.5. The first-order chi connectivity index (χ1) is 16.4. The van der Waals surface area contributed by atoms with Crippen LogP contribution in [0.5, 0.6) is 0 Å². The molecule has 1 aliphatic rings. The fourth-order valence-corrected chi connectivity index (χ4v) is 4.11. The van der Waals surface area contributed by atoms with Crippen LogP contribution in [0.1, 0.15) is 63.0 Å². The SMILES string of the molecule is CCN(CC)C(=O)c1cccc(NC(=O)CN2C(=O)NC(C)(c3ccc(C(C)(C)C)cc3)C2=O)c1. The van der Waals surface area contributed by atoms with E-state index in [1.54, 1.807) is 36.1 Å². The summed E-state index contributed by atoms with van der Waals surface area (Å²) in [6.07, 6.45) is 0. The van der Waals surface area contributed by atoms with Crippen LogP contribution in [0.4, 0.5) is 10.5 Å². The van der Waals surface area contributed by atoms with E-state index in [0.717, 1.165) is 10.5 Å². The normalized spacial score (nSPS) is 17.8. The molecule has 2 N–H and O–H groups in total. The van der Waals surface area contributed by atoms with Crippen molar-refractivity contribution in [1.82, 2.24) is 15.1 Å². The molecule has 0 saturated carbocycles. The van der Waals surface area contributed by atoms with E-state index in [1.807, 2.05) is 38.1 Å². The van der Waals surface area contributed by atoms with E-state index in [0.29, 0.717) is 29.9 Å². The lowest BCUT2D eigenvalue weighted by Crippen LogP contribution is -2.42. The molecule has 0 aliphatic carbocycles. The minimum absolute atomic E-state index is 0.0419. The van der Waals surface area contributed by atoms with E-state index in [1.165, 1.54) is 0 Å². The molecule has 8 nitrogen and oxygen atoms in total. The molecule has 0 radical (unpaired) electrons. The van der Waals surface area contributed by atoms with Crippen molar-refractivity contribution in [3.05, 3.63) is 65.2 Å². The molecular weight excluding hydrogens is 444 g/mol. The number of rotatable bonds is 7. The van der Waals surface area contributed by atoms with Crippen LogP contribution >= 0.6 is 0 Å². The zero-order valence-electron chi connectivity index (χ0n) is 21.3. The van der Waals surface area contributed by atoms with Crippen molar-refractivity contribution in [3.63, 3.8) is 0 Å². The predicted octanol–water partition coefficient (Wildman–Crippen LogP) is 3.87. The minimum Gasteiger partial charge on any atom is -0.339 e. The lowest BCUT2D eigenvalue weighted by molar-refractivity contribution is -0.133. The number of urea groups is 1. The maximum absolute atomic E-state index is 13.2. The lowest BCUT2D eigenvalue weighted by Gasteiger charge is -2.24. The summed E-state index contributed by atoms with van der Waals surface area (Å²) in [5, 5.41) is 5.42. The van der Waals surface area contributed by atoms with Gasteiger partial charge in [-0.15, -0.1) is 0 Å². The van der Waals surface area contributed by atoms with Crippen LogP contribution in [0, 0.1) is 0 Å². The zero-order valence-corrected chi connectivity index (χ0v) is 21.3. The van der Waals surface area contributed by atoms with Crippen molar-refractivity contribution in [2.24, 2.45) is 0 Å². The summed E-state index contributed by atoms with van der Waals surface area (Å²) >= 11 is 0. The number of hydrogen-bond acceptors (Lipinski definition) is 4. The van der Waals surface area contributed by atoms with Gasteiger partial charge >= 0.3 is 6.03 Å². The molecule has 1 heterocycles. The minimum atomic E-state index is -1.26. The molecule has 0 bridgehead atoms. The van der Waals surface area contributed by atoms with E-state index in [9.17, 15) is 19.2 Å². The highest BCUT2D eigenvalue weighted by atomic mass is 16.2. The van der Waals surface area contributed by atoms with Gasteiger partial charge in [0.25, 0.3) is 11.8 Å². The maximum Gasteiger partial charge on any atom is 0.325 e. The Morgan fingerprint density at radius 2 is 1.66 bits per heavy atom. The Balaban J connectivity index is 1.72. The monoisotopic (exact) mass is 478 g/mol. The van der Waals surface area contributed by atoms with Crippen molar-refractivity contribution < 1.29 is 19.2 Å². The van der Waals surface area contributed by atoms with E-state index in [-0.39, 0.29) is 11.3 Å². The number of nitrogens with one attached hydrogen (secondary N) is 2. The third-order valence-corrected chi connectivity index (χ3v) is 6.35. The third kappa shape index (κ3) is 5.37. The maximum atomic E-state index is 13.2. The number of imide groups is 1. The van der Waals surface area contributed by atoms with E-state index in [4.69, 9.17) is 0 Å². The van der Waals surface area contributed by atoms with Crippen LogP contribution in [0.3, 0.4) is 0 Å². The Kier molecular flexibility index (Phi) is 7.33. The summed E-state index contributed by atoms with van der Waals surface area (Å²) in [5.74, 6) is -1.16. The van der Waals surface area contributed by atoms with Gasteiger partial charge in [-0.05, 0) is 55.5 Å².